The van der Waals surface area contributed by atoms with Crippen LogP contribution < -0.4 is 5.32 Å². The molecule has 1 aromatic carbocycles. The summed E-state index contributed by atoms with van der Waals surface area (Å²) >= 11 is 1.57. The molecule has 1 aromatic heterocycles. The Balaban J connectivity index is 1.52. The Hall–Kier alpha value is -1.73. The number of nitrogens with one attached hydrogen (secondary N) is 1. The van der Waals surface area contributed by atoms with Crippen molar-refractivity contribution in [2.45, 2.75) is 19.4 Å². The quantitative estimate of drug-likeness (QED) is 0.892. The van der Waals surface area contributed by atoms with Crippen molar-refractivity contribution in [1.29, 1.82) is 0 Å². The number of hydrogen-bond donors (Lipinski definition) is 1. The Morgan fingerprint density at radius 2 is 2.09 bits per heavy atom. The lowest BCUT2D eigenvalue weighted by atomic mass is 10.1. The zero-order chi connectivity index (χ0) is 16.3. The molecule has 2 heterocycles. The first-order chi connectivity index (χ1) is 11.0. The van der Waals surface area contributed by atoms with Gasteiger partial charge >= 0.3 is 0 Å². The first-order valence-electron chi connectivity index (χ1n) is 7.47. The van der Waals surface area contributed by atoms with E-state index < -0.39 is 15.8 Å². The molecule has 1 amide bonds. The SMILES string of the molecule is O=C(NCc1csc(Cc2ccccc2)n1)[C@@H]1CCS(=O)(=O)C1. The normalized spacial score (nSPS) is 19.6. The van der Waals surface area contributed by atoms with Gasteiger partial charge in [-0.15, -0.1) is 11.3 Å². The third-order valence-electron chi connectivity index (χ3n) is 3.84. The van der Waals surface area contributed by atoms with Gasteiger partial charge < -0.3 is 5.32 Å². The Morgan fingerprint density at radius 1 is 1.30 bits per heavy atom. The minimum atomic E-state index is -3.03. The van der Waals surface area contributed by atoms with Crippen LogP contribution in [0.4, 0.5) is 0 Å². The van der Waals surface area contributed by atoms with Gasteiger partial charge in [0.15, 0.2) is 9.84 Å². The highest BCUT2D eigenvalue weighted by Gasteiger charge is 2.32. The molecule has 1 aliphatic rings. The average Bonchev–Trinajstić information content (AvgIpc) is 3.12. The van der Waals surface area contributed by atoms with Crippen molar-refractivity contribution in [2.24, 2.45) is 5.92 Å². The summed E-state index contributed by atoms with van der Waals surface area (Å²) in [5.41, 5.74) is 2.02. The maximum Gasteiger partial charge on any atom is 0.224 e. The Bertz CT molecular complexity index is 785. The molecular formula is C16H18N2O3S2. The van der Waals surface area contributed by atoms with Gasteiger partial charge in [-0.25, -0.2) is 13.4 Å². The fraction of sp³-hybridized carbons (Fsp3) is 0.375. The molecule has 0 unspecified atom stereocenters. The second-order valence-corrected chi connectivity index (χ2v) is 8.88. The van der Waals surface area contributed by atoms with E-state index in [1.165, 1.54) is 5.56 Å². The van der Waals surface area contributed by atoms with Gasteiger partial charge in [-0.2, -0.15) is 0 Å². The summed E-state index contributed by atoms with van der Waals surface area (Å²) in [5, 5.41) is 5.73. The molecule has 1 N–H and O–H groups in total. The number of hydrogen-bond acceptors (Lipinski definition) is 5. The predicted octanol–water partition coefficient (Wildman–Crippen LogP) is 1.78. The predicted molar refractivity (Wildman–Crippen MR) is 90.0 cm³/mol. The number of sulfone groups is 1. The zero-order valence-corrected chi connectivity index (χ0v) is 14.2. The van der Waals surface area contributed by atoms with Crippen molar-refractivity contribution in [3.8, 4) is 0 Å². The van der Waals surface area contributed by atoms with E-state index in [2.05, 4.69) is 22.4 Å². The van der Waals surface area contributed by atoms with Crippen LogP contribution in [-0.4, -0.2) is 30.8 Å². The van der Waals surface area contributed by atoms with Crippen LogP contribution in [0.2, 0.25) is 0 Å². The average molecular weight is 350 g/mol. The number of thiazole rings is 1. The van der Waals surface area contributed by atoms with Crippen molar-refractivity contribution in [3.63, 3.8) is 0 Å². The Morgan fingerprint density at radius 3 is 2.78 bits per heavy atom. The lowest BCUT2D eigenvalue weighted by Gasteiger charge is -2.07. The molecule has 2 aromatic rings. The van der Waals surface area contributed by atoms with Gasteiger partial charge in [0.05, 0.1) is 34.7 Å². The molecule has 23 heavy (non-hydrogen) atoms. The number of rotatable bonds is 5. The number of aromatic nitrogens is 1. The fourth-order valence-electron chi connectivity index (χ4n) is 2.61. The number of carbonyl (C=O) groups excluding carboxylic acids is 1. The maximum atomic E-state index is 12.0. The molecule has 0 saturated carbocycles. The third kappa shape index (κ3) is 4.39. The zero-order valence-electron chi connectivity index (χ0n) is 12.6. The maximum absolute atomic E-state index is 12.0. The van der Waals surface area contributed by atoms with E-state index in [9.17, 15) is 13.2 Å². The highest BCUT2D eigenvalue weighted by molar-refractivity contribution is 7.91. The minimum absolute atomic E-state index is 0.0326. The van der Waals surface area contributed by atoms with Crippen LogP contribution in [0.15, 0.2) is 35.7 Å². The second kappa shape index (κ2) is 6.80. The van der Waals surface area contributed by atoms with E-state index in [-0.39, 0.29) is 17.4 Å². The van der Waals surface area contributed by atoms with E-state index >= 15 is 0 Å². The summed E-state index contributed by atoms with van der Waals surface area (Å²) in [5.74, 6) is -0.524. The highest BCUT2D eigenvalue weighted by atomic mass is 32.2. The van der Waals surface area contributed by atoms with Crippen LogP contribution in [0.3, 0.4) is 0 Å². The van der Waals surface area contributed by atoms with Crippen molar-refractivity contribution in [1.82, 2.24) is 10.3 Å². The Labute approximate surface area is 139 Å². The molecule has 1 aliphatic heterocycles. The molecule has 0 bridgehead atoms. The van der Waals surface area contributed by atoms with Crippen LogP contribution in [-0.2, 0) is 27.6 Å². The fourth-order valence-corrected chi connectivity index (χ4v) is 5.18. The van der Waals surface area contributed by atoms with Gasteiger partial charge in [0.2, 0.25) is 5.91 Å². The van der Waals surface area contributed by atoms with E-state index in [0.29, 0.717) is 13.0 Å². The van der Waals surface area contributed by atoms with E-state index in [1.54, 1.807) is 11.3 Å². The first-order valence-corrected chi connectivity index (χ1v) is 10.2. The van der Waals surface area contributed by atoms with Gasteiger partial charge in [0.25, 0.3) is 0 Å². The lowest BCUT2D eigenvalue weighted by molar-refractivity contribution is -0.124. The van der Waals surface area contributed by atoms with Crippen molar-refractivity contribution in [2.75, 3.05) is 11.5 Å². The molecule has 7 heteroatoms. The molecule has 3 rings (SSSR count). The van der Waals surface area contributed by atoms with E-state index in [4.69, 9.17) is 0 Å². The van der Waals surface area contributed by atoms with Crippen LogP contribution in [0.1, 0.15) is 22.7 Å². The van der Waals surface area contributed by atoms with Gasteiger partial charge in [0, 0.05) is 11.8 Å². The summed E-state index contributed by atoms with van der Waals surface area (Å²) < 4.78 is 22.8. The third-order valence-corrected chi connectivity index (χ3v) is 6.51. The number of benzene rings is 1. The summed E-state index contributed by atoms with van der Waals surface area (Å²) in [6.07, 6.45) is 1.20. The first kappa shape index (κ1) is 16.1. The van der Waals surface area contributed by atoms with Gasteiger partial charge in [-0.3, -0.25) is 4.79 Å². The largest absolute Gasteiger partial charge is 0.350 e. The van der Waals surface area contributed by atoms with E-state index in [0.717, 1.165) is 17.1 Å². The van der Waals surface area contributed by atoms with Gasteiger partial charge in [-0.1, -0.05) is 30.3 Å². The van der Waals surface area contributed by atoms with Crippen molar-refractivity contribution >= 4 is 27.1 Å². The topological polar surface area (TPSA) is 76.1 Å². The number of nitrogens with zero attached hydrogens (tertiary/aromatic N) is 1. The monoisotopic (exact) mass is 350 g/mol. The molecule has 0 radical (unpaired) electrons. The van der Waals surface area contributed by atoms with Crippen molar-refractivity contribution < 1.29 is 13.2 Å². The van der Waals surface area contributed by atoms with Crippen LogP contribution in [0.5, 0.6) is 0 Å². The summed E-state index contributed by atoms with van der Waals surface area (Å²) in [6, 6.07) is 10.1. The Kier molecular flexibility index (Phi) is 4.77. The number of carbonyl (C=O) groups is 1. The minimum Gasteiger partial charge on any atom is -0.350 e. The molecule has 5 nitrogen and oxygen atoms in total. The summed E-state index contributed by atoms with van der Waals surface area (Å²) in [6.45, 7) is 0.348. The smallest absolute Gasteiger partial charge is 0.224 e. The highest BCUT2D eigenvalue weighted by Crippen LogP contribution is 2.19. The van der Waals surface area contributed by atoms with Crippen molar-refractivity contribution in [3.05, 3.63) is 52.0 Å². The van der Waals surface area contributed by atoms with Gasteiger partial charge in [-0.05, 0) is 12.0 Å². The van der Waals surface area contributed by atoms with Crippen LogP contribution >= 0.6 is 11.3 Å². The molecular weight excluding hydrogens is 332 g/mol. The standard InChI is InChI=1S/C16H18N2O3S2/c19-16(13-6-7-23(20,21)11-13)17-9-14-10-22-15(18-14)8-12-4-2-1-3-5-12/h1-5,10,13H,6-9,11H2,(H,17,19)/t13-/m1/s1. The molecule has 0 spiro atoms. The summed E-state index contributed by atoms with van der Waals surface area (Å²) in [7, 11) is -3.03. The lowest BCUT2D eigenvalue weighted by Crippen LogP contribution is -2.31. The van der Waals surface area contributed by atoms with Crippen LogP contribution in [0.25, 0.3) is 0 Å². The molecule has 1 fully saturated rings. The molecule has 1 atom stereocenters. The molecule has 1 saturated heterocycles. The van der Waals surface area contributed by atoms with E-state index in [1.807, 2.05) is 23.6 Å². The number of amides is 1. The van der Waals surface area contributed by atoms with Crippen LogP contribution in [0, 0.1) is 5.92 Å². The molecule has 122 valence electrons. The summed E-state index contributed by atoms with van der Waals surface area (Å²) in [4.78, 5) is 16.5. The molecule has 0 aliphatic carbocycles. The van der Waals surface area contributed by atoms with Gasteiger partial charge in [0.1, 0.15) is 0 Å². The second-order valence-electron chi connectivity index (χ2n) is 5.71.